The molecule has 2 N–H and O–H groups in total. The third-order valence-electron chi connectivity index (χ3n) is 4.38. The minimum Gasteiger partial charge on any atom is -0.355 e. The molecule has 1 heterocycles. The van der Waals surface area contributed by atoms with E-state index in [9.17, 15) is 0 Å². The average molecular weight is 310 g/mol. The van der Waals surface area contributed by atoms with Crippen molar-refractivity contribution in [1.29, 1.82) is 5.41 Å². The number of benzene rings is 3. The average Bonchev–Trinajstić information content (AvgIpc) is 3.00. The van der Waals surface area contributed by atoms with Crippen LogP contribution in [0, 0.1) is 5.41 Å². The van der Waals surface area contributed by atoms with Crippen LogP contribution in [0.1, 0.15) is 5.56 Å². The molecule has 0 aliphatic heterocycles. The Morgan fingerprint density at radius 2 is 1.54 bits per heavy atom. The van der Waals surface area contributed by atoms with Crippen molar-refractivity contribution in [3.8, 4) is 11.1 Å². The SMILES string of the molecule is N=C/C=C\Cc1ccc(-c2ccc3[nH]c4ccccc4c3c2)cc1. The summed E-state index contributed by atoms with van der Waals surface area (Å²) in [6, 6.07) is 23.7. The number of fused-ring (bicyclic) bond motifs is 3. The molecule has 0 saturated carbocycles. The van der Waals surface area contributed by atoms with Crippen molar-refractivity contribution in [3.05, 3.63) is 84.4 Å². The molecule has 0 fully saturated rings. The molecular weight excluding hydrogens is 292 g/mol. The third kappa shape index (κ3) is 2.63. The quantitative estimate of drug-likeness (QED) is 0.451. The number of nitrogens with one attached hydrogen (secondary N) is 2. The summed E-state index contributed by atoms with van der Waals surface area (Å²) in [5.74, 6) is 0. The van der Waals surface area contributed by atoms with Crippen molar-refractivity contribution < 1.29 is 0 Å². The molecule has 0 radical (unpaired) electrons. The number of hydrogen-bond acceptors (Lipinski definition) is 1. The molecule has 0 atom stereocenters. The topological polar surface area (TPSA) is 39.6 Å². The molecule has 116 valence electrons. The number of allylic oxidation sites excluding steroid dienone is 2. The lowest BCUT2D eigenvalue weighted by Gasteiger charge is -2.04. The number of rotatable bonds is 4. The Bertz CT molecular complexity index is 1040. The van der Waals surface area contributed by atoms with E-state index < -0.39 is 0 Å². The molecule has 0 aliphatic carbocycles. The first-order chi connectivity index (χ1) is 11.8. The van der Waals surface area contributed by atoms with E-state index in [0.29, 0.717) is 0 Å². The Hall–Kier alpha value is -3.13. The molecule has 0 unspecified atom stereocenters. The van der Waals surface area contributed by atoms with Crippen LogP contribution >= 0.6 is 0 Å². The van der Waals surface area contributed by atoms with E-state index in [-0.39, 0.29) is 0 Å². The fourth-order valence-electron chi connectivity index (χ4n) is 3.13. The molecule has 0 aliphatic rings. The minimum atomic E-state index is 0.858. The first-order valence-electron chi connectivity index (χ1n) is 8.10. The number of aromatic nitrogens is 1. The van der Waals surface area contributed by atoms with E-state index in [1.54, 1.807) is 6.08 Å². The molecule has 0 spiro atoms. The van der Waals surface area contributed by atoms with Crippen molar-refractivity contribution in [1.82, 2.24) is 4.98 Å². The maximum atomic E-state index is 7.01. The van der Waals surface area contributed by atoms with Gasteiger partial charge in [-0.15, -0.1) is 0 Å². The number of hydrogen-bond donors (Lipinski definition) is 2. The summed E-state index contributed by atoms with van der Waals surface area (Å²) in [5, 5.41) is 9.54. The highest BCUT2D eigenvalue weighted by Crippen LogP contribution is 2.30. The fourth-order valence-corrected chi connectivity index (χ4v) is 3.13. The van der Waals surface area contributed by atoms with Gasteiger partial charge in [0.25, 0.3) is 0 Å². The summed E-state index contributed by atoms with van der Waals surface area (Å²) in [6.45, 7) is 0. The lowest BCUT2D eigenvalue weighted by molar-refractivity contribution is 1.27. The van der Waals surface area contributed by atoms with Crippen molar-refractivity contribution in [2.45, 2.75) is 6.42 Å². The van der Waals surface area contributed by atoms with Crippen LogP contribution in [0.15, 0.2) is 78.9 Å². The number of para-hydroxylation sites is 1. The van der Waals surface area contributed by atoms with E-state index in [2.05, 4.69) is 71.7 Å². The van der Waals surface area contributed by atoms with E-state index >= 15 is 0 Å². The highest BCUT2D eigenvalue weighted by atomic mass is 14.7. The third-order valence-corrected chi connectivity index (χ3v) is 4.38. The van der Waals surface area contributed by atoms with Gasteiger partial charge in [-0.2, -0.15) is 0 Å². The van der Waals surface area contributed by atoms with Gasteiger partial charge in [0.05, 0.1) is 0 Å². The van der Waals surface area contributed by atoms with Crippen molar-refractivity contribution in [2.24, 2.45) is 0 Å². The molecule has 0 amide bonds. The van der Waals surface area contributed by atoms with Gasteiger partial charge < -0.3 is 10.4 Å². The number of aromatic amines is 1. The van der Waals surface area contributed by atoms with Gasteiger partial charge in [-0.1, -0.05) is 54.6 Å². The molecule has 4 rings (SSSR count). The maximum absolute atomic E-state index is 7.01. The molecule has 0 bridgehead atoms. The second-order valence-corrected chi connectivity index (χ2v) is 5.93. The van der Waals surface area contributed by atoms with Crippen LogP contribution in [0.4, 0.5) is 0 Å². The largest absolute Gasteiger partial charge is 0.355 e. The van der Waals surface area contributed by atoms with E-state index in [4.69, 9.17) is 5.41 Å². The van der Waals surface area contributed by atoms with Crippen LogP contribution in [-0.2, 0) is 6.42 Å². The summed E-state index contributed by atoms with van der Waals surface area (Å²) in [7, 11) is 0. The van der Waals surface area contributed by atoms with Gasteiger partial charge in [0.1, 0.15) is 0 Å². The summed E-state index contributed by atoms with van der Waals surface area (Å²) < 4.78 is 0. The Kier molecular flexibility index (Phi) is 3.72. The summed E-state index contributed by atoms with van der Waals surface area (Å²) in [6.07, 6.45) is 5.93. The first-order valence-corrected chi connectivity index (χ1v) is 8.10. The van der Waals surface area contributed by atoms with Gasteiger partial charge >= 0.3 is 0 Å². The van der Waals surface area contributed by atoms with E-state index in [1.165, 1.54) is 44.7 Å². The molecule has 1 aromatic heterocycles. The predicted octanol–water partition coefficient (Wildman–Crippen LogP) is 5.74. The molecule has 2 heteroatoms. The highest BCUT2D eigenvalue weighted by Gasteiger charge is 2.05. The van der Waals surface area contributed by atoms with Crippen LogP contribution in [0.5, 0.6) is 0 Å². The monoisotopic (exact) mass is 310 g/mol. The number of H-pyrrole nitrogens is 1. The van der Waals surface area contributed by atoms with E-state index in [1.807, 2.05) is 6.08 Å². The van der Waals surface area contributed by atoms with E-state index in [0.717, 1.165) is 6.42 Å². The predicted molar refractivity (Wildman–Crippen MR) is 103 cm³/mol. The molecule has 24 heavy (non-hydrogen) atoms. The van der Waals surface area contributed by atoms with Crippen LogP contribution in [0.3, 0.4) is 0 Å². The van der Waals surface area contributed by atoms with Crippen molar-refractivity contribution in [3.63, 3.8) is 0 Å². The molecule has 4 aromatic rings. The zero-order chi connectivity index (χ0) is 16.4. The van der Waals surface area contributed by atoms with Gasteiger partial charge in [0.2, 0.25) is 0 Å². The van der Waals surface area contributed by atoms with Crippen LogP contribution in [0.25, 0.3) is 32.9 Å². The lowest BCUT2D eigenvalue weighted by Crippen LogP contribution is -1.83. The summed E-state index contributed by atoms with van der Waals surface area (Å²) in [4.78, 5) is 3.47. The van der Waals surface area contributed by atoms with Gasteiger partial charge in [0, 0.05) is 28.0 Å². The molecule has 3 aromatic carbocycles. The lowest BCUT2D eigenvalue weighted by atomic mass is 10.0. The Labute approximate surface area is 141 Å². The molecule has 2 nitrogen and oxygen atoms in total. The second kappa shape index (κ2) is 6.17. The summed E-state index contributed by atoms with van der Waals surface area (Å²) >= 11 is 0. The standard InChI is InChI=1S/C22H18N2/c23-14-4-3-5-16-8-10-17(11-9-16)18-12-13-22-20(15-18)19-6-1-2-7-21(19)24-22/h1-4,6-15,23-24H,5H2/b4-3-,23-14?. The normalized spacial score (nSPS) is 11.5. The van der Waals surface area contributed by atoms with Crippen LogP contribution in [0.2, 0.25) is 0 Å². The molecular formula is C22H18N2. The first kappa shape index (κ1) is 14.5. The zero-order valence-corrected chi connectivity index (χ0v) is 13.3. The van der Waals surface area contributed by atoms with Crippen LogP contribution in [-0.4, -0.2) is 11.2 Å². The second-order valence-electron chi connectivity index (χ2n) is 5.93. The fraction of sp³-hybridized carbons (Fsp3) is 0.0455. The maximum Gasteiger partial charge on any atom is 0.0465 e. The smallest absolute Gasteiger partial charge is 0.0465 e. The molecule has 0 saturated heterocycles. The van der Waals surface area contributed by atoms with Gasteiger partial charge in [-0.25, -0.2) is 0 Å². The van der Waals surface area contributed by atoms with Crippen LogP contribution < -0.4 is 0 Å². The Morgan fingerprint density at radius 1 is 0.792 bits per heavy atom. The van der Waals surface area contributed by atoms with Gasteiger partial charge in [0.15, 0.2) is 0 Å². The summed E-state index contributed by atoms with van der Waals surface area (Å²) in [5.41, 5.74) is 6.06. The Morgan fingerprint density at radius 3 is 2.38 bits per heavy atom. The van der Waals surface area contributed by atoms with Crippen molar-refractivity contribution in [2.75, 3.05) is 0 Å². The zero-order valence-electron chi connectivity index (χ0n) is 13.3. The van der Waals surface area contributed by atoms with Gasteiger partial charge in [-0.3, -0.25) is 0 Å². The van der Waals surface area contributed by atoms with Crippen molar-refractivity contribution >= 4 is 28.0 Å². The van der Waals surface area contributed by atoms with Gasteiger partial charge in [-0.05, 0) is 47.4 Å². The Balaban J connectivity index is 1.72. The minimum absolute atomic E-state index is 0.858. The highest BCUT2D eigenvalue weighted by molar-refractivity contribution is 6.08.